The van der Waals surface area contributed by atoms with Crippen molar-refractivity contribution in [1.29, 1.82) is 0 Å². The van der Waals surface area contributed by atoms with E-state index in [1.807, 2.05) is 60.8 Å². The molecule has 0 aliphatic carbocycles. The molecule has 2 heterocycles. The van der Waals surface area contributed by atoms with E-state index >= 15 is 0 Å². The maximum atomic E-state index is 12.9. The van der Waals surface area contributed by atoms with Gasteiger partial charge in [0.2, 0.25) is 5.91 Å². The molecule has 30 heavy (non-hydrogen) atoms. The van der Waals surface area contributed by atoms with Gasteiger partial charge in [0, 0.05) is 24.5 Å². The lowest BCUT2D eigenvalue weighted by molar-refractivity contribution is -0.132. The molecule has 1 aliphatic rings. The summed E-state index contributed by atoms with van der Waals surface area (Å²) in [5, 5.41) is 2.95. The van der Waals surface area contributed by atoms with Crippen molar-refractivity contribution in [2.45, 2.75) is 26.5 Å². The van der Waals surface area contributed by atoms with Gasteiger partial charge in [0.25, 0.3) is 5.91 Å². The largest absolute Gasteiger partial charge is 0.479 e. The predicted octanol–water partition coefficient (Wildman–Crippen LogP) is 3.89. The van der Waals surface area contributed by atoms with Crippen molar-refractivity contribution in [2.75, 3.05) is 18.5 Å². The summed E-state index contributed by atoms with van der Waals surface area (Å²) in [6.07, 6.45) is -0.642. The van der Waals surface area contributed by atoms with Gasteiger partial charge in [0.1, 0.15) is 12.3 Å². The number of nitrogens with zero attached hydrogens (tertiary/aromatic N) is 3. The SMILES string of the molecule is Cc1nc(-c2ccc3c(c2)N(CC(=O)N(C)Cc2ccccc2)C(=O)C(C)O3)cs1. The average molecular weight is 422 g/mol. The van der Waals surface area contributed by atoms with Gasteiger partial charge >= 0.3 is 0 Å². The highest BCUT2D eigenvalue weighted by molar-refractivity contribution is 7.09. The lowest BCUT2D eigenvalue weighted by Gasteiger charge is -2.33. The third kappa shape index (κ3) is 4.07. The molecule has 1 aromatic heterocycles. The topological polar surface area (TPSA) is 62.7 Å². The number of aromatic nitrogens is 1. The highest BCUT2D eigenvalue weighted by atomic mass is 32.1. The van der Waals surface area contributed by atoms with Crippen molar-refractivity contribution in [1.82, 2.24) is 9.88 Å². The van der Waals surface area contributed by atoms with Crippen molar-refractivity contribution < 1.29 is 14.3 Å². The van der Waals surface area contributed by atoms with E-state index in [9.17, 15) is 9.59 Å². The fraction of sp³-hybridized carbons (Fsp3) is 0.261. The summed E-state index contributed by atoms with van der Waals surface area (Å²) in [7, 11) is 1.75. The minimum atomic E-state index is -0.642. The first-order valence-electron chi connectivity index (χ1n) is 9.75. The summed E-state index contributed by atoms with van der Waals surface area (Å²) >= 11 is 1.57. The number of anilines is 1. The van der Waals surface area contributed by atoms with Crippen LogP contribution < -0.4 is 9.64 Å². The van der Waals surface area contributed by atoms with Crippen molar-refractivity contribution in [3.05, 3.63) is 64.5 Å². The number of hydrogen-bond donors (Lipinski definition) is 0. The van der Waals surface area contributed by atoms with Crippen molar-refractivity contribution in [2.24, 2.45) is 0 Å². The van der Waals surface area contributed by atoms with E-state index in [0.717, 1.165) is 21.8 Å². The number of thiazole rings is 1. The molecule has 3 aromatic rings. The minimum absolute atomic E-state index is 0.0393. The Kier molecular flexibility index (Phi) is 5.55. The number of amides is 2. The number of fused-ring (bicyclic) bond motifs is 1. The molecule has 1 aliphatic heterocycles. The number of carbonyl (C=O) groups is 2. The molecule has 0 radical (unpaired) electrons. The van der Waals surface area contributed by atoms with Crippen molar-refractivity contribution in [3.8, 4) is 17.0 Å². The van der Waals surface area contributed by atoms with E-state index in [-0.39, 0.29) is 18.4 Å². The first kappa shape index (κ1) is 20.1. The lowest BCUT2D eigenvalue weighted by Crippen LogP contribution is -2.49. The number of aryl methyl sites for hydroxylation is 1. The van der Waals surface area contributed by atoms with E-state index < -0.39 is 6.10 Å². The molecule has 4 rings (SSSR count). The van der Waals surface area contributed by atoms with Crippen LogP contribution in [0.1, 0.15) is 17.5 Å². The first-order chi connectivity index (χ1) is 14.4. The molecule has 0 spiro atoms. The highest BCUT2D eigenvalue weighted by Crippen LogP contribution is 2.37. The molecule has 0 N–H and O–H groups in total. The molecule has 1 atom stereocenters. The van der Waals surface area contributed by atoms with Crippen molar-refractivity contribution >= 4 is 28.8 Å². The van der Waals surface area contributed by atoms with E-state index in [1.165, 1.54) is 4.90 Å². The van der Waals surface area contributed by atoms with Gasteiger partial charge in [-0.05, 0) is 37.6 Å². The maximum Gasteiger partial charge on any atom is 0.268 e. The molecule has 2 aromatic carbocycles. The van der Waals surface area contributed by atoms with Gasteiger partial charge in [0.05, 0.1) is 16.4 Å². The van der Waals surface area contributed by atoms with E-state index in [0.29, 0.717) is 18.0 Å². The van der Waals surface area contributed by atoms with Gasteiger partial charge < -0.3 is 9.64 Å². The number of ether oxygens (including phenoxy) is 1. The van der Waals surface area contributed by atoms with Crippen LogP contribution in [0.2, 0.25) is 0 Å². The Hall–Kier alpha value is -3.19. The van der Waals surface area contributed by atoms with Gasteiger partial charge in [-0.2, -0.15) is 0 Å². The Morgan fingerprint density at radius 1 is 1.23 bits per heavy atom. The molecule has 7 heteroatoms. The lowest BCUT2D eigenvalue weighted by atomic mass is 10.1. The summed E-state index contributed by atoms with van der Waals surface area (Å²) in [5.41, 5.74) is 3.37. The second-order valence-corrected chi connectivity index (χ2v) is 8.42. The van der Waals surface area contributed by atoms with Gasteiger partial charge in [-0.15, -0.1) is 11.3 Å². The summed E-state index contributed by atoms with van der Waals surface area (Å²) in [4.78, 5) is 33.5. The quantitative estimate of drug-likeness (QED) is 0.627. The molecule has 2 amide bonds. The molecule has 154 valence electrons. The molecular formula is C23H23N3O3S. The number of hydrogen-bond acceptors (Lipinski definition) is 5. The third-order valence-electron chi connectivity index (χ3n) is 5.06. The Labute approximate surface area is 179 Å². The van der Waals surface area contributed by atoms with Crippen LogP contribution in [0.4, 0.5) is 5.69 Å². The second kappa shape index (κ2) is 8.28. The molecule has 1 unspecified atom stereocenters. The maximum absolute atomic E-state index is 12.9. The van der Waals surface area contributed by atoms with Gasteiger partial charge in [-0.3, -0.25) is 14.5 Å². The summed E-state index contributed by atoms with van der Waals surface area (Å²) < 4.78 is 5.77. The number of carbonyl (C=O) groups excluding carboxylic acids is 2. The Balaban J connectivity index is 1.59. The Morgan fingerprint density at radius 2 is 2.00 bits per heavy atom. The first-order valence-corrected chi connectivity index (χ1v) is 10.6. The van der Waals surface area contributed by atoms with Crippen molar-refractivity contribution in [3.63, 3.8) is 0 Å². The van der Waals surface area contributed by atoms with E-state index in [2.05, 4.69) is 4.98 Å². The van der Waals surface area contributed by atoms with E-state index in [1.54, 1.807) is 30.2 Å². The zero-order chi connectivity index (χ0) is 21.3. The molecule has 0 saturated carbocycles. The molecular weight excluding hydrogens is 398 g/mol. The number of benzene rings is 2. The summed E-state index contributed by atoms with van der Waals surface area (Å²) in [6, 6.07) is 15.4. The summed E-state index contributed by atoms with van der Waals surface area (Å²) in [6.45, 7) is 4.10. The predicted molar refractivity (Wildman–Crippen MR) is 118 cm³/mol. The second-order valence-electron chi connectivity index (χ2n) is 7.35. The Morgan fingerprint density at radius 3 is 2.70 bits per heavy atom. The highest BCUT2D eigenvalue weighted by Gasteiger charge is 2.33. The molecule has 6 nitrogen and oxygen atoms in total. The van der Waals surface area contributed by atoms with Crippen LogP contribution in [0.3, 0.4) is 0 Å². The monoisotopic (exact) mass is 421 g/mol. The minimum Gasteiger partial charge on any atom is -0.479 e. The normalized spacial score (nSPS) is 15.5. The molecule has 0 saturated heterocycles. The van der Waals surface area contributed by atoms with Crippen LogP contribution in [0.15, 0.2) is 53.9 Å². The smallest absolute Gasteiger partial charge is 0.268 e. The number of likely N-dealkylation sites (N-methyl/N-ethyl adjacent to an activating group) is 1. The fourth-order valence-electron chi connectivity index (χ4n) is 3.43. The van der Waals surface area contributed by atoms with Crippen LogP contribution >= 0.6 is 11.3 Å². The molecule has 0 fully saturated rings. The van der Waals surface area contributed by atoms with Gasteiger partial charge in [-0.1, -0.05) is 30.3 Å². The van der Waals surface area contributed by atoms with Crippen LogP contribution in [-0.4, -0.2) is 41.4 Å². The standard InChI is InChI=1S/C23H23N3O3S/c1-15-23(28)26(13-22(27)25(3)12-17-7-5-4-6-8-17)20-11-18(9-10-21(20)29-15)19-14-30-16(2)24-19/h4-11,14-15H,12-13H2,1-3H3. The zero-order valence-electron chi connectivity index (χ0n) is 17.2. The van der Waals surface area contributed by atoms with Gasteiger partial charge in [-0.25, -0.2) is 4.98 Å². The number of rotatable bonds is 5. The van der Waals surface area contributed by atoms with Crippen LogP contribution in [0.5, 0.6) is 5.75 Å². The van der Waals surface area contributed by atoms with Crippen LogP contribution in [-0.2, 0) is 16.1 Å². The van der Waals surface area contributed by atoms with Crippen LogP contribution in [0, 0.1) is 6.92 Å². The summed E-state index contributed by atoms with van der Waals surface area (Å²) in [5.74, 6) is 0.231. The fourth-order valence-corrected chi connectivity index (χ4v) is 4.05. The van der Waals surface area contributed by atoms with E-state index in [4.69, 9.17) is 4.74 Å². The average Bonchev–Trinajstić information content (AvgIpc) is 3.18. The van der Waals surface area contributed by atoms with Gasteiger partial charge in [0.15, 0.2) is 6.10 Å². The third-order valence-corrected chi connectivity index (χ3v) is 5.84. The molecule has 0 bridgehead atoms. The van der Waals surface area contributed by atoms with Crippen LogP contribution in [0.25, 0.3) is 11.3 Å². The zero-order valence-corrected chi connectivity index (χ0v) is 18.0. The Bertz CT molecular complexity index is 1080.